The normalized spacial score (nSPS) is 13.5. The van der Waals surface area contributed by atoms with E-state index in [0.29, 0.717) is 16.1 Å². The fourth-order valence-corrected chi connectivity index (χ4v) is 1.95. The second kappa shape index (κ2) is 5.82. The molecule has 0 amide bonds. The molecule has 2 rings (SSSR count). The van der Waals surface area contributed by atoms with Crippen LogP contribution in [0.25, 0.3) is 11.0 Å². The van der Waals surface area contributed by atoms with Gasteiger partial charge in [-0.25, -0.2) is 4.98 Å². The zero-order chi connectivity index (χ0) is 15.8. The number of hydrogen-bond acceptors (Lipinski definition) is 4. The third-order valence-electron chi connectivity index (χ3n) is 2.79. The Kier molecular flexibility index (Phi) is 4.46. The molecule has 0 spiro atoms. The first-order chi connectivity index (χ1) is 9.68. The van der Waals surface area contributed by atoms with E-state index in [9.17, 15) is 13.2 Å². The van der Waals surface area contributed by atoms with Crippen molar-refractivity contribution < 1.29 is 18.3 Å². The molecular formula is C12H10Cl2F3N3O. The van der Waals surface area contributed by atoms with Crippen LogP contribution in [0.15, 0.2) is 18.3 Å². The summed E-state index contributed by atoms with van der Waals surface area (Å²) in [6.07, 6.45) is -5.85. The van der Waals surface area contributed by atoms with Crippen molar-refractivity contribution in [3.8, 4) is 0 Å². The number of nitrogens with zero attached hydrogens (tertiary/aromatic N) is 3. The Hall–Kier alpha value is -1.31. The molecule has 1 heterocycles. The first-order valence-corrected chi connectivity index (χ1v) is 6.52. The SMILES string of the molecule is CN(CC(O)C(F)(F)F)c1cnc2cc(Cl)c(Cl)cc2n1. The van der Waals surface area contributed by atoms with E-state index < -0.39 is 18.8 Å². The van der Waals surface area contributed by atoms with Crippen molar-refractivity contribution >= 4 is 40.1 Å². The number of likely N-dealkylation sites (N-methyl/N-ethyl adjacent to an activating group) is 1. The highest BCUT2D eigenvalue weighted by atomic mass is 35.5. The first-order valence-electron chi connectivity index (χ1n) is 5.76. The van der Waals surface area contributed by atoms with E-state index in [4.69, 9.17) is 28.3 Å². The fraction of sp³-hybridized carbons (Fsp3) is 0.333. The minimum absolute atomic E-state index is 0.184. The monoisotopic (exact) mass is 339 g/mol. The largest absolute Gasteiger partial charge is 0.416 e. The van der Waals surface area contributed by atoms with Crippen LogP contribution in [0.3, 0.4) is 0 Å². The topological polar surface area (TPSA) is 49.2 Å². The number of rotatable bonds is 3. The summed E-state index contributed by atoms with van der Waals surface area (Å²) in [5.41, 5.74) is 0.869. The van der Waals surface area contributed by atoms with Crippen LogP contribution in [0.5, 0.6) is 0 Å². The third kappa shape index (κ3) is 3.66. The maximum atomic E-state index is 12.3. The molecule has 1 atom stereocenters. The molecule has 9 heteroatoms. The van der Waals surface area contributed by atoms with E-state index in [1.54, 1.807) is 0 Å². The van der Waals surface area contributed by atoms with Crippen molar-refractivity contribution in [2.75, 3.05) is 18.5 Å². The minimum atomic E-state index is -4.69. The van der Waals surface area contributed by atoms with Crippen LogP contribution < -0.4 is 4.90 Å². The third-order valence-corrected chi connectivity index (χ3v) is 3.51. The Morgan fingerprint density at radius 1 is 1.24 bits per heavy atom. The quantitative estimate of drug-likeness (QED) is 0.932. The summed E-state index contributed by atoms with van der Waals surface area (Å²) in [5, 5.41) is 9.64. The molecule has 0 saturated carbocycles. The van der Waals surface area contributed by atoms with Crippen molar-refractivity contribution in [1.82, 2.24) is 9.97 Å². The summed E-state index contributed by atoms with van der Waals surface area (Å²) >= 11 is 11.7. The van der Waals surface area contributed by atoms with Gasteiger partial charge in [-0.2, -0.15) is 13.2 Å². The number of benzene rings is 1. The van der Waals surface area contributed by atoms with Crippen LogP contribution in [-0.2, 0) is 0 Å². The Morgan fingerprint density at radius 3 is 2.38 bits per heavy atom. The lowest BCUT2D eigenvalue weighted by Gasteiger charge is -2.23. The number of aromatic nitrogens is 2. The Labute approximate surface area is 128 Å². The molecule has 2 aromatic rings. The zero-order valence-corrected chi connectivity index (χ0v) is 12.2. The average Bonchev–Trinajstić information content (AvgIpc) is 2.38. The molecule has 21 heavy (non-hydrogen) atoms. The highest BCUT2D eigenvalue weighted by Gasteiger charge is 2.38. The number of halogens is 5. The van der Waals surface area contributed by atoms with Gasteiger partial charge in [-0.15, -0.1) is 0 Å². The van der Waals surface area contributed by atoms with Crippen LogP contribution in [0.1, 0.15) is 0 Å². The maximum Gasteiger partial charge on any atom is 0.416 e. The van der Waals surface area contributed by atoms with Gasteiger partial charge in [-0.3, -0.25) is 4.98 Å². The molecule has 0 aliphatic carbocycles. The van der Waals surface area contributed by atoms with Crippen molar-refractivity contribution in [1.29, 1.82) is 0 Å². The molecule has 114 valence electrons. The molecule has 1 unspecified atom stereocenters. The van der Waals surface area contributed by atoms with Crippen molar-refractivity contribution in [2.24, 2.45) is 0 Å². The molecule has 0 aliphatic rings. The van der Waals surface area contributed by atoms with Gasteiger partial charge in [0.25, 0.3) is 0 Å². The van der Waals surface area contributed by atoms with Gasteiger partial charge in [-0.05, 0) is 12.1 Å². The average molecular weight is 340 g/mol. The molecule has 0 radical (unpaired) electrons. The van der Waals surface area contributed by atoms with Gasteiger partial charge in [0.05, 0.1) is 33.8 Å². The molecule has 0 fully saturated rings. The summed E-state index contributed by atoms with van der Waals surface area (Å²) in [6.45, 7) is -0.648. The van der Waals surface area contributed by atoms with Gasteiger partial charge in [0.2, 0.25) is 0 Å². The molecule has 4 nitrogen and oxygen atoms in total. The number of hydrogen-bond donors (Lipinski definition) is 1. The Bertz CT molecular complexity index is 666. The predicted octanol–water partition coefficient (Wildman–Crippen LogP) is 3.30. The standard InChI is InChI=1S/C12H10Cl2F3N3O/c1-20(5-10(21)12(15,16)17)11-4-18-8-2-6(13)7(14)3-9(8)19-11/h2-4,10,21H,5H2,1H3. The molecule has 0 aliphatic heterocycles. The van der Waals surface area contributed by atoms with Gasteiger partial charge < -0.3 is 10.0 Å². The van der Waals surface area contributed by atoms with Crippen molar-refractivity contribution in [2.45, 2.75) is 12.3 Å². The molecular weight excluding hydrogens is 330 g/mol. The molecule has 1 aromatic carbocycles. The molecule has 0 bridgehead atoms. The van der Waals surface area contributed by atoms with Gasteiger partial charge in [-0.1, -0.05) is 23.2 Å². The predicted molar refractivity (Wildman–Crippen MR) is 74.9 cm³/mol. The summed E-state index contributed by atoms with van der Waals surface area (Å²) in [6, 6.07) is 2.99. The maximum absolute atomic E-state index is 12.3. The number of anilines is 1. The Morgan fingerprint density at radius 2 is 1.81 bits per heavy atom. The number of fused-ring (bicyclic) bond motifs is 1. The zero-order valence-electron chi connectivity index (χ0n) is 10.7. The first kappa shape index (κ1) is 16.1. The van der Waals surface area contributed by atoms with E-state index in [1.165, 1.54) is 25.4 Å². The molecule has 1 aromatic heterocycles. The highest BCUT2D eigenvalue weighted by molar-refractivity contribution is 6.42. The minimum Gasteiger partial charge on any atom is -0.382 e. The highest BCUT2D eigenvalue weighted by Crippen LogP contribution is 2.27. The van der Waals surface area contributed by atoms with Gasteiger partial charge in [0.1, 0.15) is 5.82 Å². The smallest absolute Gasteiger partial charge is 0.382 e. The summed E-state index contributed by atoms with van der Waals surface area (Å²) < 4.78 is 37.0. The molecule has 0 saturated heterocycles. The van der Waals surface area contributed by atoms with Crippen molar-refractivity contribution in [3.05, 3.63) is 28.4 Å². The Balaban J connectivity index is 2.28. The van der Waals surface area contributed by atoms with E-state index in [2.05, 4.69) is 9.97 Å². The number of aliphatic hydroxyl groups is 1. The lowest BCUT2D eigenvalue weighted by atomic mass is 10.3. The summed E-state index contributed by atoms with van der Waals surface area (Å²) in [4.78, 5) is 9.38. The van der Waals surface area contributed by atoms with Gasteiger partial charge in [0.15, 0.2) is 6.10 Å². The van der Waals surface area contributed by atoms with E-state index >= 15 is 0 Å². The van der Waals surface area contributed by atoms with Gasteiger partial charge >= 0.3 is 6.18 Å². The van der Waals surface area contributed by atoms with E-state index in [1.807, 2.05) is 0 Å². The summed E-state index contributed by atoms with van der Waals surface area (Å²) in [7, 11) is 1.38. The number of alkyl halides is 3. The van der Waals surface area contributed by atoms with E-state index in [0.717, 1.165) is 4.90 Å². The second-order valence-electron chi connectivity index (χ2n) is 4.42. The van der Waals surface area contributed by atoms with Gasteiger partial charge in [0, 0.05) is 7.05 Å². The van der Waals surface area contributed by atoms with Crippen LogP contribution in [0.2, 0.25) is 10.0 Å². The fourth-order valence-electron chi connectivity index (χ4n) is 1.64. The lowest BCUT2D eigenvalue weighted by Crippen LogP contribution is -2.39. The van der Waals surface area contributed by atoms with Crippen molar-refractivity contribution in [3.63, 3.8) is 0 Å². The molecule has 1 N–H and O–H groups in total. The van der Waals surface area contributed by atoms with E-state index in [-0.39, 0.29) is 10.8 Å². The summed E-state index contributed by atoms with van der Waals surface area (Å²) in [5.74, 6) is 0.184. The van der Waals surface area contributed by atoms with Crippen LogP contribution >= 0.6 is 23.2 Å². The number of aliphatic hydroxyl groups excluding tert-OH is 1. The second-order valence-corrected chi connectivity index (χ2v) is 5.24. The van der Waals surface area contributed by atoms with Crippen LogP contribution in [0.4, 0.5) is 19.0 Å². The van der Waals surface area contributed by atoms with Crippen LogP contribution in [-0.4, -0.2) is 40.9 Å². The van der Waals surface area contributed by atoms with Crippen LogP contribution in [0, 0.1) is 0 Å². The lowest BCUT2D eigenvalue weighted by molar-refractivity contribution is -0.200.